The maximum Gasteiger partial charge on any atom is 0.260 e. The topological polar surface area (TPSA) is 93.0 Å². The third-order valence-corrected chi connectivity index (χ3v) is 9.53. The monoisotopic (exact) mass is 664 g/mol. The van der Waals surface area contributed by atoms with E-state index >= 15 is 0 Å². The molecule has 0 radical (unpaired) electrons. The third kappa shape index (κ3) is 5.85. The molecule has 0 bridgehead atoms. The molecule has 0 spiro atoms. The summed E-state index contributed by atoms with van der Waals surface area (Å²) in [5.74, 6) is 1.47. The number of hydrogen-bond acceptors (Lipinski definition) is 7. The molecular weight excluding hydrogens is 628 g/mol. The number of nitrogens with zero attached hydrogens (tertiary/aromatic N) is 4. The molecule has 4 aliphatic rings. The molecule has 4 aromatic carbocycles. The Labute approximate surface area is 290 Å². The van der Waals surface area contributed by atoms with Gasteiger partial charge in [-0.15, -0.1) is 0 Å². The molecule has 0 N–H and O–H groups in total. The first-order chi connectivity index (χ1) is 24.5. The molecule has 0 saturated carbocycles. The lowest BCUT2D eigenvalue weighted by atomic mass is 10.0. The molecule has 2 atom stereocenters. The Morgan fingerprint density at radius 1 is 0.660 bits per heavy atom. The SMILES string of the molecule is COc1cc2c(cc1OCCCOc1cc3c(cc1C)C(=O)N1C=C(c4ccccc4)C[C@H]1C=N3)N=C[C@@H]1CC(c3ccccc3)=CN1C2=O. The smallest absolute Gasteiger partial charge is 0.260 e. The molecule has 50 heavy (non-hydrogen) atoms. The number of methoxy groups -OCH3 is 1. The summed E-state index contributed by atoms with van der Waals surface area (Å²) in [7, 11) is 1.56. The van der Waals surface area contributed by atoms with Gasteiger partial charge < -0.3 is 24.0 Å². The number of aliphatic imine (C=N–C) groups is 2. The number of fused-ring (bicyclic) bond motifs is 4. The largest absolute Gasteiger partial charge is 0.493 e. The van der Waals surface area contributed by atoms with Crippen LogP contribution in [0.4, 0.5) is 11.4 Å². The van der Waals surface area contributed by atoms with Crippen molar-refractivity contribution in [2.45, 2.75) is 38.3 Å². The molecule has 250 valence electrons. The fraction of sp³-hybridized carbons (Fsp3) is 0.220. The lowest BCUT2D eigenvalue weighted by molar-refractivity contribution is 0.0809. The van der Waals surface area contributed by atoms with Crippen molar-refractivity contribution >= 4 is 46.8 Å². The summed E-state index contributed by atoms with van der Waals surface area (Å²) < 4.78 is 17.9. The van der Waals surface area contributed by atoms with Crippen LogP contribution in [0.5, 0.6) is 17.2 Å². The first-order valence-corrected chi connectivity index (χ1v) is 16.8. The van der Waals surface area contributed by atoms with Crippen molar-refractivity contribution in [1.82, 2.24) is 9.80 Å². The Kier molecular flexibility index (Phi) is 8.24. The standard InChI is InChI=1S/C41H36N4O5/c1-26-16-33-35(42-22-31-17-29(24-44(31)40(33)46)27-10-5-3-6-11-27)20-37(26)49-14-9-15-50-39-21-36-34(19-38(39)48-2)41(47)45-25-30(18-32(45)23-43-36)28-12-7-4-8-13-28/h3-8,10-13,16,19-25,31-32H,9,14-15,17-18H2,1-2H3/t31-,32-/m0/s1. The third-order valence-electron chi connectivity index (χ3n) is 9.53. The molecule has 0 fully saturated rings. The summed E-state index contributed by atoms with van der Waals surface area (Å²) >= 11 is 0. The fourth-order valence-electron chi connectivity index (χ4n) is 6.88. The Balaban J connectivity index is 0.905. The molecule has 0 aliphatic carbocycles. The molecule has 4 aromatic rings. The van der Waals surface area contributed by atoms with Crippen LogP contribution in [0, 0.1) is 6.92 Å². The summed E-state index contributed by atoms with van der Waals surface area (Å²) in [6.45, 7) is 2.69. The van der Waals surface area contributed by atoms with Crippen molar-refractivity contribution in [3.63, 3.8) is 0 Å². The van der Waals surface area contributed by atoms with Crippen LogP contribution >= 0.6 is 0 Å². The lowest BCUT2D eigenvalue weighted by Gasteiger charge is -2.19. The molecule has 0 unspecified atom stereocenters. The van der Waals surface area contributed by atoms with Crippen LogP contribution < -0.4 is 14.2 Å². The van der Waals surface area contributed by atoms with E-state index in [1.807, 2.05) is 80.3 Å². The molecular formula is C41H36N4O5. The van der Waals surface area contributed by atoms with E-state index in [1.54, 1.807) is 29.0 Å². The van der Waals surface area contributed by atoms with Crippen molar-refractivity contribution in [2.24, 2.45) is 9.98 Å². The van der Waals surface area contributed by atoms with Crippen molar-refractivity contribution in [2.75, 3.05) is 20.3 Å². The van der Waals surface area contributed by atoms with Gasteiger partial charge in [-0.05, 0) is 46.9 Å². The number of amides is 2. The van der Waals surface area contributed by atoms with Gasteiger partial charge in [-0.2, -0.15) is 0 Å². The number of ether oxygens (including phenoxy) is 3. The minimum absolute atomic E-state index is 0.0639. The molecule has 8 rings (SSSR count). The van der Waals surface area contributed by atoms with E-state index in [-0.39, 0.29) is 23.9 Å². The predicted octanol–water partition coefficient (Wildman–Crippen LogP) is 7.79. The second-order valence-electron chi connectivity index (χ2n) is 12.8. The first kappa shape index (κ1) is 31.3. The first-order valence-electron chi connectivity index (χ1n) is 16.8. The van der Waals surface area contributed by atoms with Crippen molar-refractivity contribution in [3.05, 3.63) is 125 Å². The molecule has 2 amide bonds. The van der Waals surface area contributed by atoms with E-state index in [0.29, 0.717) is 65.8 Å². The number of benzene rings is 4. The van der Waals surface area contributed by atoms with Crippen molar-refractivity contribution in [3.8, 4) is 17.2 Å². The average Bonchev–Trinajstić information content (AvgIpc) is 3.73. The molecule has 0 aromatic heterocycles. The molecule has 0 saturated heterocycles. The average molecular weight is 665 g/mol. The van der Waals surface area contributed by atoms with Crippen molar-refractivity contribution < 1.29 is 23.8 Å². The second kappa shape index (κ2) is 13.2. The summed E-state index contributed by atoms with van der Waals surface area (Å²) in [6, 6.07) is 27.1. The van der Waals surface area contributed by atoms with Crippen LogP contribution in [-0.2, 0) is 0 Å². The highest BCUT2D eigenvalue weighted by atomic mass is 16.5. The number of hydrogen-bond donors (Lipinski definition) is 0. The summed E-state index contributed by atoms with van der Waals surface area (Å²) in [6.07, 6.45) is 9.59. The van der Waals surface area contributed by atoms with Gasteiger partial charge in [0.15, 0.2) is 11.5 Å². The second-order valence-corrected chi connectivity index (χ2v) is 12.8. The zero-order valence-corrected chi connectivity index (χ0v) is 27.9. The van der Waals surface area contributed by atoms with Crippen molar-refractivity contribution in [1.29, 1.82) is 0 Å². The highest BCUT2D eigenvalue weighted by Crippen LogP contribution is 2.40. The van der Waals surface area contributed by atoms with Crippen LogP contribution in [0.1, 0.15) is 56.7 Å². The van der Waals surface area contributed by atoms with E-state index in [0.717, 1.165) is 34.3 Å². The zero-order chi connectivity index (χ0) is 34.2. The Morgan fingerprint density at radius 3 is 1.70 bits per heavy atom. The predicted molar refractivity (Wildman–Crippen MR) is 194 cm³/mol. The van der Waals surface area contributed by atoms with E-state index in [1.165, 1.54) is 0 Å². The van der Waals surface area contributed by atoms with Gasteiger partial charge in [0.25, 0.3) is 11.8 Å². The molecule has 9 heteroatoms. The van der Waals surface area contributed by atoms with Crippen LogP contribution in [0.25, 0.3) is 11.1 Å². The Morgan fingerprint density at radius 2 is 1.16 bits per heavy atom. The summed E-state index contributed by atoms with van der Waals surface area (Å²) in [4.78, 5) is 40.2. The number of aryl methyl sites for hydroxylation is 1. The van der Waals surface area contributed by atoms with E-state index in [9.17, 15) is 9.59 Å². The lowest BCUT2D eigenvalue weighted by Crippen LogP contribution is -2.32. The molecule has 4 aliphatic heterocycles. The number of rotatable bonds is 9. The van der Waals surface area contributed by atoms with Gasteiger partial charge in [0.1, 0.15) is 5.75 Å². The van der Waals surface area contributed by atoms with Gasteiger partial charge in [0, 0.05) is 56.2 Å². The maximum absolute atomic E-state index is 13.6. The fourth-order valence-corrected chi connectivity index (χ4v) is 6.88. The minimum atomic E-state index is -0.153. The summed E-state index contributed by atoms with van der Waals surface area (Å²) in [5, 5.41) is 0. The Bertz CT molecular complexity index is 2100. The van der Waals surface area contributed by atoms with Crippen LogP contribution in [0.15, 0.2) is 107 Å². The maximum atomic E-state index is 13.6. The molecule has 4 heterocycles. The normalized spacial score (nSPS) is 18.8. The molecule has 9 nitrogen and oxygen atoms in total. The van der Waals surface area contributed by atoms with Crippen LogP contribution in [-0.4, -0.2) is 66.5 Å². The number of carbonyl (C=O) groups is 2. The van der Waals surface area contributed by atoms with E-state index in [2.05, 4.69) is 24.3 Å². The number of carbonyl (C=O) groups excluding carboxylic acids is 2. The van der Waals surface area contributed by atoms with Gasteiger partial charge in [-0.3, -0.25) is 19.6 Å². The van der Waals surface area contributed by atoms with Gasteiger partial charge in [-0.25, -0.2) is 0 Å². The van der Waals surface area contributed by atoms with Crippen LogP contribution in [0.3, 0.4) is 0 Å². The van der Waals surface area contributed by atoms with E-state index in [4.69, 9.17) is 24.2 Å². The van der Waals surface area contributed by atoms with Gasteiger partial charge in [-0.1, -0.05) is 60.7 Å². The zero-order valence-electron chi connectivity index (χ0n) is 27.9. The van der Waals surface area contributed by atoms with E-state index < -0.39 is 0 Å². The highest BCUT2D eigenvalue weighted by molar-refractivity contribution is 6.06. The Hall–Kier alpha value is -5.96. The van der Waals surface area contributed by atoms with Crippen LogP contribution in [0.2, 0.25) is 0 Å². The highest BCUT2D eigenvalue weighted by Gasteiger charge is 2.34. The van der Waals surface area contributed by atoms with Gasteiger partial charge in [0.2, 0.25) is 0 Å². The van der Waals surface area contributed by atoms with Gasteiger partial charge in [0.05, 0.1) is 54.9 Å². The minimum Gasteiger partial charge on any atom is -0.493 e. The summed E-state index contributed by atoms with van der Waals surface area (Å²) in [5.41, 5.74) is 7.49. The van der Waals surface area contributed by atoms with Gasteiger partial charge >= 0.3 is 0 Å². The quantitative estimate of drug-likeness (QED) is 0.170.